The zero-order valence-corrected chi connectivity index (χ0v) is 7.74. The van der Waals surface area contributed by atoms with Gasteiger partial charge in [0.05, 0.1) is 12.3 Å². The Balaban J connectivity index is 2.81. The SMILES string of the molecule is COCc1ccnc(C(C)C)n1. The Morgan fingerprint density at radius 2 is 2.25 bits per heavy atom. The highest BCUT2D eigenvalue weighted by Gasteiger charge is 2.02. The normalized spacial score (nSPS) is 10.7. The van der Waals surface area contributed by atoms with Gasteiger partial charge < -0.3 is 4.74 Å². The molecule has 0 saturated carbocycles. The zero-order chi connectivity index (χ0) is 8.97. The van der Waals surface area contributed by atoms with Crippen LogP contribution in [0.15, 0.2) is 12.3 Å². The molecular weight excluding hydrogens is 152 g/mol. The summed E-state index contributed by atoms with van der Waals surface area (Å²) in [7, 11) is 1.66. The van der Waals surface area contributed by atoms with E-state index in [2.05, 4.69) is 23.8 Å². The van der Waals surface area contributed by atoms with Crippen LogP contribution in [0.3, 0.4) is 0 Å². The van der Waals surface area contributed by atoms with Gasteiger partial charge in [0.2, 0.25) is 0 Å². The molecule has 0 atom stereocenters. The third-order valence-corrected chi connectivity index (χ3v) is 1.54. The lowest BCUT2D eigenvalue weighted by atomic mass is 10.2. The fraction of sp³-hybridized carbons (Fsp3) is 0.556. The Kier molecular flexibility index (Phi) is 3.17. The van der Waals surface area contributed by atoms with Gasteiger partial charge in [-0.05, 0) is 6.07 Å². The fourth-order valence-electron chi connectivity index (χ4n) is 0.919. The Morgan fingerprint density at radius 3 is 2.83 bits per heavy atom. The minimum atomic E-state index is 0.377. The minimum absolute atomic E-state index is 0.377. The van der Waals surface area contributed by atoms with E-state index in [4.69, 9.17) is 4.74 Å². The Labute approximate surface area is 72.8 Å². The molecule has 0 aliphatic rings. The van der Waals surface area contributed by atoms with Gasteiger partial charge in [-0.15, -0.1) is 0 Å². The third-order valence-electron chi connectivity index (χ3n) is 1.54. The van der Waals surface area contributed by atoms with Gasteiger partial charge in [-0.3, -0.25) is 0 Å². The first kappa shape index (κ1) is 9.13. The average Bonchev–Trinajstić information content (AvgIpc) is 2.05. The van der Waals surface area contributed by atoms with Crippen molar-refractivity contribution >= 4 is 0 Å². The van der Waals surface area contributed by atoms with E-state index in [0.717, 1.165) is 11.5 Å². The monoisotopic (exact) mass is 166 g/mol. The number of methoxy groups -OCH3 is 1. The highest BCUT2D eigenvalue weighted by Crippen LogP contribution is 2.08. The van der Waals surface area contributed by atoms with E-state index >= 15 is 0 Å². The van der Waals surface area contributed by atoms with Crippen molar-refractivity contribution in [2.24, 2.45) is 0 Å². The number of hydrogen-bond donors (Lipinski definition) is 0. The van der Waals surface area contributed by atoms with E-state index in [1.807, 2.05) is 6.07 Å². The van der Waals surface area contributed by atoms with E-state index in [-0.39, 0.29) is 0 Å². The van der Waals surface area contributed by atoms with Crippen LogP contribution in [0.4, 0.5) is 0 Å². The molecule has 0 N–H and O–H groups in total. The number of hydrogen-bond acceptors (Lipinski definition) is 3. The van der Waals surface area contributed by atoms with Crippen LogP contribution >= 0.6 is 0 Å². The second-order valence-electron chi connectivity index (χ2n) is 2.99. The highest BCUT2D eigenvalue weighted by atomic mass is 16.5. The van der Waals surface area contributed by atoms with Crippen LogP contribution < -0.4 is 0 Å². The highest BCUT2D eigenvalue weighted by molar-refractivity contribution is 5.03. The van der Waals surface area contributed by atoms with Gasteiger partial charge in [-0.1, -0.05) is 13.8 Å². The van der Waals surface area contributed by atoms with Crippen molar-refractivity contribution in [2.45, 2.75) is 26.4 Å². The van der Waals surface area contributed by atoms with Crippen LogP contribution in [0.2, 0.25) is 0 Å². The fourth-order valence-corrected chi connectivity index (χ4v) is 0.919. The Hall–Kier alpha value is -0.960. The molecule has 1 heterocycles. The number of aromatic nitrogens is 2. The molecule has 3 heteroatoms. The van der Waals surface area contributed by atoms with E-state index in [9.17, 15) is 0 Å². The standard InChI is InChI=1S/C9H14N2O/c1-7(2)9-10-5-4-8(11-9)6-12-3/h4-5,7H,6H2,1-3H3. The van der Waals surface area contributed by atoms with Crippen LogP contribution in [-0.4, -0.2) is 17.1 Å². The van der Waals surface area contributed by atoms with Crippen LogP contribution in [0.25, 0.3) is 0 Å². The molecule has 3 nitrogen and oxygen atoms in total. The Morgan fingerprint density at radius 1 is 1.50 bits per heavy atom. The summed E-state index contributed by atoms with van der Waals surface area (Å²) in [6.07, 6.45) is 1.77. The maximum Gasteiger partial charge on any atom is 0.131 e. The van der Waals surface area contributed by atoms with Crippen molar-refractivity contribution in [3.8, 4) is 0 Å². The number of ether oxygens (including phenoxy) is 1. The molecule has 0 amide bonds. The summed E-state index contributed by atoms with van der Waals surface area (Å²) < 4.78 is 4.97. The van der Waals surface area contributed by atoms with Crippen molar-refractivity contribution < 1.29 is 4.74 Å². The molecule has 0 aliphatic heterocycles. The van der Waals surface area contributed by atoms with Gasteiger partial charge in [-0.25, -0.2) is 9.97 Å². The van der Waals surface area contributed by atoms with E-state index in [1.54, 1.807) is 13.3 Å². The van der Waals surface area contributed by atoms with Crippen molar-refractivity contribution in [3.63, 3.8) is 0 Å². The van der Waals surface area contributed by atoms with E-state index in [1.165, 1.54) is 0 Å². The second-order valence-corrected chi connectivity index (χ2v) is 2.99. The summed E-state index contributed by atoms with van der Waals surface area (Å²) in [5.41, 5.74) is 0.941. The van der Waals surface area contributed by atoms with Crippen LogP contribution in [0.5, 0.6) is 0 Å². The second kappa shape index (κ2) is 4.16. The maximum atomic E-state index is 4.97. The van der Waals surface area contributed by atoms with E-state index in [0.29, 0.717) is 12.5 Å². The summed E-state index contributed by atoms with van der Waals surface area (Å²) in [5.74, 6) is 1.26. The zero-order valence-electron chi connectivity index (χ0n) is 7.74. The molecule has 0 unspecified atom stereocenters. The van der Waals surface area contributed by atoms with Crippen molar-refractivity contribution in [1.82, 2.24) is 9.97 Å². The molecule has 0 aliphatic carbocycles. The van der Waals surface area contributed by atoms with Crippen LogP contribution in [0, 0.1) is 0 Å². The molecule has 0 aromatic carbocycles. The Bertz CT molecular complexity index is 248. The summed E-state index contributed by atoms with van der Waals surface area (Å²) in [5, 5.41) is 0. The topological polar surface area (TPSA) is 35.0 Å². The lowest BCUT2D eigenvalue weighted by molar-refractivity contribution is 0.181. The summed E-state index contributed by atoms with van der Waals surface area (Å²) in [6, 6.07) is 1.87. The average molecular weight is 166 g/mol. The molecular formula is C9H14N2O. The predicted octanol–water partition coefficient (Wildman–Crippen LogP) is 1.75. The molecule has 0 radical (unpaired) electrons. The third kappa shape index (κ3) is 2.27. The van der Waals surface area contributed by atoms with Gasteiger partial charge in [0.25, 0.3) is 0 Å². The summed E-state index contributed by atoms with van der Waals surface area (Å²) in [4.78, 5) is 8.48. The van der Waals surface area contributed by atoms with Gasteiger partial charge in [0, 0.05) is 19.2 Å². The van der Waals surface area contributed by atoms with Crippen LogP contribution in [0.1, 0.15) is 31.3 Å². The number of rotatable bonds is 3. The van der Waals surface area contributed by atoms with Crippen molar-refractivity contribution in [1.29, 1.82) is 0 Å². The van der Waals surface area contributed by atoms with Crippen LogP contribution in [-0.2, 0) is 11.3 Å². The van der Waals surface area contributed by atoms with Gasteiger partial charge >= 0.3 is 0 Å². The van der Waals surface area contributed by atoms with Gasteiger partial charge in [0.15, 0.2) is 0 Å². The quantitative estimate of drug-likeness (QED) is 0.686. The molecule has 1 aromatic heterocycles. The summed E-state index contributed by atoms with van der Waals surface area (Å²) >= 11 is 0. The van der Waals surface area contributed by atoms with Crippen molar-refractivity contribution in [3.05, 3.63) is 23.8 Å². The molecule has 1 aromatic rings. The largest absolute Gasteiger partial charge is 0.378 e. The predicted molar refractivity (Wildman–Crippen MR) is 46.8 cm³/mol. The first-order chi connectivity index (χ1) is 5.74. The molecule has 0 saturated heterocycles. The molecule has 0 bridgehead atoms. The molecule has 0 spiro atoms. The van der Waals surface area contributed by atoms with Crippen molar-refractivity contribution in [2.75, 3.05) is 7.11 Å². The smallest absolute Gasteiger partial charge is 0.131 e. The lowest BCUT2D eigenvalue weighted by Crippen LogP contribution is -2.01. The molecule has 12 heavy (non-hydrogen) atoms. The number of nitrogens with zero attached hydrogens (tertiary/aromatic N) is 2. The molecule has 1 rings (SSSR count). The molecule has 66 valence electrons. The van der Waals surface area contributed by atoms with Gasteiger partial charge in [0.1, 0.15) is 5.82 Å². The lowest BCUT2D eigenvalue weighted by Gasteiger charge is -2.04. The summed E-state index contributed by atoms with van der Waals surface area (Å²) in [6.45, 7) is 4.71. The van der Waals surface area contributed by atoms with E-state index < -0.39 is 0 Å². The first-order valence-electron chi connectivity index (χ1n) is 4.04. The maximum absolute atomic E-state index is 4.97. The first-order valence-corrected chi connectivity index (χ1v) is 4.04. The minimum Gasteiger partial charge on any atom is -0.378 e. The van der Waals surface area contributed by atoms with Gasteiger partial charge in [-0.2, -0.15) is 0 Å². The molecule has 0 fully saturated rings.